The summed E-state index contributed by atoms with van der Waals surface area (Å²) in [4.78, 5) is 28.3. The smallest absolute Gasteiger partial charge is 0.289 e. The van der Waals surface area contributed by atoms with Crippen molar-refractivity contribution in [1.82, 2.24) is 4.57 Å². The fourth-order valence-corrected chi connectivity index (χ4v) is 5.55. The van der Waals surface area contributed by atoms with E-state index in [9.17, 15) is 23.3 Å². The second-order valence-corrected chi connectivity index (χ2v) is 10.5. The number of carbonyl (C=O) groups excluding carboxylic acids is 1. The maximum Gasteiger partial charge on any atom is 0.289 e. The Morgan fingerprint density at radius 1 is 1.10 bits per heavy atom. The molecule has 0 unspecified atom stereocenters. The number of nitro groups is 1. The first-order chi connectivity index (χ1) is 13.6. The molecule has 0 spiro atoms. The van der Waals surface area contributed by atoms with Crippen molar-refractivity contribution in [3.63, 3.8) is 0 Å². The van der Waals surface area contributed by atoms with Crippen LogP contribution in [0.15, 0.2) is 52.4 Å². The molecule has 0 N–H and O–H groups in total. The lowest BCUT2D eigenvalue weighted by Gasteiger charge is -1.99. The van der Waals surface area contributed by atoms with Crippen molar-refractivity contribution in [2.24, 2.45) is 12.0 Å². The average molecular weight is 448 g/mol. The number of nitro benzene ring substituents is 1. The summed E-state index contributed by atoms with van der Waals surface area (Å²) in [7, 11) is -1.59. The minimum atomic E-state index is -3.33. The molecule has 1 amide bonds. The van der Waals surface area contributed by atoms with E-state index >= 15 is 0 Å². The van der Waals surface area contributed by atoms with E-state index in [1.54, 1.807) is 35.9 Å². The highest BCUT2D eigenvalue weighted by Crippen LogP contribution is 2.29. The Morgan fingerprint density at radius 3 is 2.55 bits per heavy atom. The first-order valence-electron chi connectivity index (χ1n) is 8.20. The Kier molecular flexibility index (Phi) is 4.60. The summed E-state index contributed by atoms with van der Waals surface area (Å²) in [5.74, 6) is -0.459. The topological polar surface area (TPSA) is 112 Å². The van der Waals surface area contributed by atoms with Crippen LogP contribution in [0.3, 0.4) is 0 Å². The van der Waals surface area contributed by atoms with Gasteiger partial charge in [0.15, 0.2) is 14.6 Å². The van der Waals surface area contributed by atoms with E-state index in [0.717, 1.165) is 16.5 Å². The molecule has 0 bridgehead atoms. The lowest BCUT2D eigenvalue weighted by Crippen LogP contribution is -2.12. The van der Waals surface area contributed by atoms with Crippen molar-refractivity contribution >= 4 is 64.4 Å². The van der Waals surface area contributed by atoms with Crippen molar-refractivity contribution in [3.05, 3.63) is 62.3 Å². The van der Waals surface area contributed by atoms with Gasteiger partial charge in [-0.2, -0.15) is 4.99 Å². The number of thiophene rings is 1. The van der Waals surface area contributed by atoms with Gasteiger partial charge >= 0.3 is 0 Å². The lowest BCUT2D eigenvalue weighted by molar-refractivity contribution is -0.384. The number of thiazole rings is 1. The highest BCUT2D eigenvalue weighted by atomic mass is 32.2. The Morgan fingerprint density at radius 2 is 1.86 bits per heavy atom. The first-order valence-corrected chi connectivity index (χ1v) is 11.7. The molecule has 2 aromatic carbocycles. The summed E-state index contributed by atoms with van der Waals surface area (Å²) >= 11 is 2.43. The number of benzene rings is 2. The average Bonchev–Trinajstić information content (AvgIpc) is 3.21. The second kappa shape index (κ2) is 6.87. The first kappa shape index (κ1) is 19.4. The number of hydrogen-bond donors (Lipinski definition) is 0. The minimum absolute atomic E-state index is 0.0381. The van der Waals surface area contributed by atoms with Gasteiger partial charge in [0.05, 0.1) is 24.9 Å². The predicted molar refractivity (Wildman–Crippen MR) is 112 cm³/mol. The molecule has 4 aromatic rings. The third-order valence-electron chi connectivity index (χ3n) is 4.33. The summed E-state index contributed by atoms with van der Waals surface area (Å²) in [6.45, 7) is 0. The highest BCUT2D eigenvalue weighted by Gasteiger charge is 2.15. The number of sulfone groups is 1. The third kappa shape index (κ3) is 3.59. The van der Waals surface area contributed by atoms with Gasteiger partial charge in [0, 0.05) is 35.5 Å². The zero-order valence-electron chi connectivity index (χ0n) is 15.1. The number of aromatic nitrogens is 1. The molecule has 0 atom stereocenters. The van der Waals surface area contributed by atoms with Crippen LogP contribution >= 0.6 is 22.7 Å². The molecule has 8 nitrogen and oxygen atoms in total. The molecule has 2 aromatic heterocycles. The van der Waals surface area contributed by atoms with Gasteiger partial charge in [-0.25, -0.2) is 8.42 Å². The highest BCUT2D eigenvalue weighted by molar-refractivity contribution is 7.90. The number of fused-ring (bicyclic) bond motifs is 2. The van der Waals surface area contributed by atoms with E-state index in [2.05, 4.69) is 4.99 Å². The lowest BCUT2D eigenvalue weighted by atomic mass is 10.2. The molecule has 0 aliphatic heterocycles. The quantitative estimate of drug-likeness (QED) is 0.352. The van der Waals surface area contributed by atoms with Crippen LogP contribution in [0, 0.1) is 10.1 Å². The predicted octanol–water partition coefficient (Wildman–Crippen LogP) is 3.51. The van der Waals surface area contributed by atoms with E-state index in [-0.39, 0.29) is 10.6 Å². The zero-order chi connectivity index (χ0) is 20.9. The van der Waals surface area contributed by atoms with Gasteiger partial charge in [0.2, 0.25) is 0 Å². The number of aryl methyl sites for hydroxylation is 1. The zero-order valence-corrected chi connectivity index (χ0v) is 17.6. The molecule has 0 aliphatic carbocycles. The normalized spacial score (nSPS) is 12.7. The Balaban J connectivity index is 1.78. The molecule has 11 heteroatoms. The van der Waals surface area contributed by atoms with Gasteiger partial charge in [0.25, 0.3) is 11.6 Å². The number of carbonyl (C=O) groups is 1. The third-order valence-corrected chi connectivity index (χ3v) is 7.64. The molecule has 0 saturated heterocycles. The molecule has 2 heterocycles. The summed E-state index contributed by atoms with van der Waals surface area (Å²) in [6, 6.07) is 10.8. The van der Waals surface area contributed by atoms with Crippen LogP contribution in [0.2, 0.25) is 0 Å². The minimum Gasteiger partial charge on any atom is -0.319 e. The van der Waals surface area contributed by atoms with Crippen molar-refractivity contribution in [2.45, 2.75) is 4.90 Å². The monoisotopic (exact) mass is 447 g/mol. The largest absolute Gasteiger partial charge is 0.319 e. The van der Waals surface area contributed by atoms with Crippen LogP contribution in [-0.4, -0.2) is 30.1 Å². The van der Waals surface area contributed by atoms with E-state index in [1.165, 1.54) is 40.9 Å². The molecule has 0 fully saturated rings. The van der Waals surface area contributed by atoms with Crippen molar-refractivity contribution in [1.29, 1.82) is 0 Å². The summed E-state index contributed by atoms with van der Waals surface area (Å²) < 4.78 is 26.7. The summed E-state index contributed by atoms with van der Waals surface area (Å²) in [5, 5.41) is 11.5. The maximum atomic E-state index is 12.7. The number of amides is 1. The summed E-state index contributed by atoms with van der Waals surface area (Å²) in [6.07, 6.45) is 1.14. The van der Waals surface area contributed by atoms with Crippen LogP contribution in [0.25, 0.3) is 20.3 Å². The Bertz CT molecular complexity index is 1490. The van der Waals surface area contributed by atoms with Gasteiger partial charge in [-0.1, -0.05) is 11.3 Å². The van der Waals surface area contributed by atoms with Crippen LogP contribution in [0.5, 0.6) is 0 Å². The second-order valence-electron chi connectivity index (χ2n) is 6.35. The number of hydrogen-bond acceptors (Lipinski definition) is 7. The molecule has 0 aliphatic rings. The van der Waals surface area contributed by atoms with Crippen molar-refractivity contribution < 1.29 is 18.1 Å². The van der Waals surface area contributed by atoms with Crippen molar-refractivity contribution in [2.75, 3.05) is 6.26 Å². The SMILES string of the molecule is Cn1c(=NC(=O)c2cc3cc([N+](=O)[O-])ccc3s2)sc2cc(S(C)(=O)=O)ccc21. The fourth-order valence-electron chi connectivity index (χ4n) is 2.84. The maximum absolute atomic E-state index is 12.7. The Hall–Kier alpha value is -2.89. The van der Waals surface area contributed by atoms with Gasteiger partial charge < -0.3 is 4.57 Å². The van der Waals surface area contributed by atoms with E-state index in [0.29, 0.717) is 19.8 Å². The Labute approximate surface area is 172 Å². The molecule has 0 radical (unpaired) electrons. The van der Waals surface area contributed by atoms with Gasteiger partial charge in [-0.3, -0.25) is 14.9 Å². The van der Waals surface area contributed by atoms with Crippen LogP contribution in [0.4, 0.5) is 5.69 Å². The summed E-state index contributed by atoms with van der Waals surface area (Å²) in [5.41, 5.74) is 0.727. The van der Waals surface area contributed by atoms with E-state index < -0.39 is 20.7 Å². The molecule has 4 rings (SSSR count). The van der Waals surface area contributed by atoms with Crippen LogP contribution in [0.1, 0.15) is 9.67 Å². The molecule has 0 saturated carbocycles. The van der Waals surface area contributed by atoms with E-state index in [4.69, 9.17) is 0 Å². The number of rotatable bonds is 3. The number of non-ortho nitro benzene ring substituents is 1. The van der Waals surface area contributed by atoms with Gasteiger partial charge in [-0.05, 0) is 30.3 Å². The van der Waals surface area contributed by atoms with Crippen LogP contribution in [-0.2, 0) is 16.9 Å². The fraction of sp³-hybridized carbons (Fsp3) is 0.111. The van der Waals surface area contributed by atoms with E-state index in [1.807, 2.05) is 0 Å². The van der Waals surface area contributed by atoms with Gasteiger partial charge in [0.1, 0.15) is 0 Å². The molecule has 29 heavy (non-hydrogen) atoms. The molecule has 148 valence electrons. The molecular weight excluding hydrogens is 434 g/mol. The van der Waals surface area contributed by atoms with Crippen molar-refractivity contribution in [3.8, 4) is 0 Å². The standard InChI is InChI=1S/C18H13N3O5S3/c1-20-13-5-4-12(29(2,25)26)9-15(13)28-18(20)19-17(22)16-8-10-7-11(21(23)24)3-6-14(10)27-16/h3-9H,1-2H3. The van der Waals surface area contributed by atoms with Crippen LogP contribution < -0.4 is 4.80 Å². The molecular formula is C18H13N3O5S3. The van der Waals surface area contributed by atoms with Gasteiger partial charge in [-0.15, -0.1) is 11.3 Å². The number of nitrogens with zero attached hydrogens (tertiary/aromatic N) is 3.